The summed E-state index contributed by atoms with van der Waals surface area (Å²) in [7, 11) is -2.30. The molecule has 1 aromatic carbocycles. The molecular weight excluding hydrogens is 414 g/mol. The third-order valence-corrected chi connectivity index (χ3v) is 7.04. The Bertz CT molecular complexity index is 842. The molecule has 2 fully saturated rings. The van der Waals surface area contributed by atoms with Gasteiger partial charge in [0.1, 0.15) is 18.5 Å². The summed E-state index contributed by atoms with van der Waals surface area (Å²) in [6, 6.07) is 5.56. The molecule has 0 radical (unpaired) electrons. The van der Waals surface area contributed by atoms with Crippen LogP contribution in [0.2, 0.25) is 0 Å². The van der Waals surface area contributed by atoms with Gasteiger partial charge in [-0.25, -0.2) is 17.9 Å². The molecule has 0 bridgehead atoms. The van der Waals surface area contributed by atoms with Crippen molar-refractivity contribution in [3.8, 4) is 5.75 Å². The predicted molar refractivity (Wildman–Crippen MR) is 108 cm³/mol. The first-order valence-electron chi connectivity index (χ1n) is 9.93. The number of nitrogens with zero attached hydrogens (tertiary/aromatic N) is 1. The minimum Gasteiger partial charge on any atom is -0.491 e. The molecular formula is C19H29N3O7S. The summed E-state index contributed by atoms with van der Waals surface area (Å²) in [6.07, 6.45) is 0.104. The second kappa shape index (κ2) is 9.48. The van der Waals surface area contributed by atoms with E-state index in [1.54, 1.807) is 6.07 Å². The van der Waals surface area contributed by atoms with Crippen LogP contribution in [0.5, 0.6) is 5.75 Å². The highest BCUT2D eigenvalue weighted by atomic mass is 32.2. The number of aliphatic hydroxyl groups is 1. The van der Waals surface area contributed by atoms with Gasteiger partial charge in [-0.1, -0.05) is 6.07 Å². The lowest BCUT2D eigenvalue weighted by molar-refractivity contribution is -0.0205. The average molecular weight is 444 g/mol. The minimum absolute atomic E-state index is 0.0412. The Labute approximate surface area is 176 Å². The van der Waals surface area contributed by atoms with Gasteiger partial charge in [-0.2, -0.15) is 0 Å². The van der Waals surface area contributed by atoms with Gasteiger partial charge in [-0.05, 0) is 51.5 Å². The maximum absolute atomic E-state index is 11.9. The molecule has 1 aromatic rings. The van der Waals surface area contributed by atoms with Crippen molar-refractivity contribution >= 4 is 16.1 Å². The van der Waals surface area contributed by atoms with E-state index in [2.05, 4.69) is 10.0 Å². The van der Waals surface area contributed by atoms with Gasteiger partial charge in [-0.15, -0.1) is 0 Å². The molecule has 2 aliphatic heterocycles. The first-order chi connectivity index (χ1) is 14.2. The van der Waals surface area contributed by atoms with E-state index in [4.69, 9.17) is 9.47 Å². The molecule has 1 spiro atoms. The molecule has 168 valence electrons. The summed E-state index contributed by atoms with van der Waals surface area (Å²) in [5.41, 5.74) is -0.287. The highest BCUT2D eigenvalue weighted by Crippen LogP contribution is 2.36. The van der Waals surface area contributed by atoms with Crippen LogP contribution in [0.25, 0.3) is 0 Å². The quantitative estimate of drug-likeness (QED) is 0.448. The maximum atomic E-state index is 11.9. The molecule has 0 aromatic heterocycles. The van der Waals surface area contributed by atoms with Gasteiger partial charge in [0.25, 0.3) is 0 Å². The molecule has 2 atom stereocenters. The fourth-order valence-corrected chi connectivity index (χ4v) is 4.72. The van der Waals surface area contributed by atoms with Crippen molar-refractivity contribution in [2.45, 2.75) is 41.9 Å². The van der Waals surface area contributed by atoms with Gasteiger partial charge < -0.3 is 29.9 Å². The lowest BCUT2D eigenvalue weighted by Crippen LogP contribution is -2.47. The number of piperidine rings is 1. The fourth-order valence-electron chi connectivity index (χ4n) is 3.96. The second-order valence-corrected chi connectivity index (χ2v) is 9.57. The van der Waals surface area contributed by atoms with Crippen LogP contribution in [0.1, 0.15) is 19.3 Å². The van der Waals surface area contributed by atoms with Crippen LogP contribution in [-0.2, 0) is 14.8 Å². The van der Waals surface area contributed by atoms with E-state index >= 15 is 0 Å². The molecule has 0 aliphatic carbocycles. The first-order valence-corrected chi connectivity index (χ1v) is 11.4. The highest BCUT2D eigenvalue weighted by molar-refractivity contribution is 7.89. The number of sulfonamides is 1. The summed E-state index contributed by atoms with van der Waals surface area (Å²) in [4.78, 5) is 13.0. The smallest absolute Gasteiger partial charge is 0.407 e. The number of hydrogen-bond donors (Lipinski definition) is 4. The predicted octanol–water partition coefficient (Wildman–Crippen LogP) is 0.226. The molecule has 1 unspecified atom stereocenters. The number of ether oxygens (including phenoxy) is 2. The number of carboxylic acid groups (broad SMARTS) is 1. The third kappa shape index (κ3) is 5.41. The van der Waals surface area contributed by atoms with Crippen molar-refractivity contribution in [3.63, 3.8) is 0 Å². The van der Waals surface area contributed by atoms with E-state index in [0.29, 0.717) is 13.0 Å². The molecule has 11 heteroatoms. The Balaban J connectivity index is 1.57. The Morgan fingerprint density at radius 3 is 2.83 bits per heavy atom. The minimum atomic E-state index is -3.61. The van der Waals surface area contributed by atoms with Gasteiger partial charge in [0.05, 0.1) is 29.7 Å². The lowest BCUT2D eigenvalue weighted by atomic mass is 9.88. The molecule has 2 saturated heterocycles. The van der Waals surface area contributed by atoms with Crippen molar-refractivity contribution in [2.24, 2.45) is 0 Å². The number of aliphatic hydroxyl groups excluding tert-OH is 1. The van der Waals surface area contributed by atoms with Gasteiger partial charge in [0.2, 0.25) is 10.0 Å². The van der Waals surface area contributed by atoms with Crippen LogP contribution >= 0.6 is 0 Å². The van der Waals surface area contributed by atoms with Crippen molar-refractivity contribution in [3.05, 3.63) is 24.3 Å². The Kier molecular flexibility index (Phi) is 7.19. The fraction of sp³-hybridized carbons (Fsp3) is 0.632. The van der Waals surface area contributed by atoms with E-state index in [1.165, 1.54) is 30.1 Å². The number of rotatable bonds is 8. The van der Waals surface area contributed by atoms with Crippen LogP contribution in [0.3, 0.4) is 0 Å². The van der Waals surface area contributed by atoms with Crippen LogP contribution in [0.4, 0.5) is 4.79 Å². The standard InChI is InChI=1S/C19H29N3O7S/c1-20-30(26,27)17-4-2-3-16(9-17)28-13-15(23)11-22(18(24)25)14-10-19(29-12-14)5-7-21-8-6-19/h2-4,9,14-15,20-21,23H,5-8,10-13H2,1H3,(H,24,25)/t14?,15-/m0/s1. The molecule has 2 heterocycles. The maximum Gasteiger partial charge on any atom is 0.407 e. The SMILES string of the molecule is CNS(=O)(=O)c1cccc(OC[C@@H](O)CN(C(=O)O)C2COC3(CCNCC3)C2)c1. The van der Waals surface area contributed by atoms with E-state index in [-0.39, 0.29) is 35.4 Å². The number of benzene rings is 1. The zero-order valence-electron chi connectivity index (χ0n) is 16.9. The first kappa shape index (κ1) is 22.8. The van der Waals surface area contributed by atoms with Crippen molar-refractivity contribution in [1.29, 1.82) is 0 Å². The van der Waals surface area contributed by atoms with Crippen LogP contribution in [0, 0.1) is 0 Å². The highest BCUT2D eigenvalue weighted by Gasteiger charge is 2.44. The summed E-state index contributed by atoms with van der Waals surface area (Å²) >= 11 is 0. The second-order valence-electron chi connectivity index (χ2n) is 7.68. The Hall–Kier alpha value is -1.92. The normalized spacial score (nSPS) is 22.0. The summed E-state index contributed by atoms with van der Waals surface area (Å²) in [5.74, 6) is 0.269. The third-order valence-electron chi connectivity index (χ3n) is 5.63. The zero-order chi connectivity index (χ0) is 21.8. The van der Waals surface area contributed by atoms with Crippen molar-refractivity contribution in [1.82, 2.24) is 14.9 Å². The largest absolute Gasteiger partial charge is 0.491 e. The number of carbonyl (C=O) groups is 1. The van der Waals surface area contributed by atoms with E-state index in [0.717, 1.165) is 25.9 Å². The Morgan fingerprint density at radius 2 is 2.17 bits per heavy atom. The summed E-state index contributed by atoms with van der Waals surface area (Å²) < 4.78 is 37.5. The monoisotopic (exact) mass is 443 g/mol. The molecule has 4 N–H and O–H groups in total. The van der Waals surface area contributed by atoms with E-state index in [1.807, 2.05) is 0 Å². The number of hydrogen-bond acceptors (Lipinski definition) is 7. The van der Waals surface area contributed by atoms with Gasteiger partial charge in [0, 0.05) is 6.07 Å². The number of nitrogens with one attached hydrogen (secondary N) is 2. The van der Waals surface area contributed by atoms with Gasteiger partial charge in [-0.3, -0.25) is 0 Å². The molecule has 2 aliphatic rings. The van der Waals surface area contributed by atoms with Gasteiger partial charge in [0.15, 0.2) is 0 Å². The van der Waals surface area contributed by atoms with Crippen LogP contribution < -0.4 is 14.8 Å². The molecule has 10 nitrogen and oxygen atoms in total. The van der Waals surface area contributed by atoms with E-state index in [9.17, 15) is 23.4 Å². The Morgan fingerprint density at radius 1 is 1.43 bits per heavy atom. The van der Waals surface area contributed by atoms with Crippen molar-refractivity contribution in [2.75, 3.05) is 39.9 Å². The molecule has 0 saturated carbocycles. The van der Waals surface area contributed by atoms with Crippen molar-refractivity contribution < 1.29 is 32.9 Å². The van der Waals surface area contributed by atoms with Crippen LogP contribution in [-0.4, -0.2) is 87.3 Å². The summed E-state index contributed by atoms with van der Waals surface area (Å²) in [6.45, 7) is 1.71. The summed E-state index contributed by atoms with van der Waals surface area (Å²) in [5, 5.41) is 23.3. The topological polar surface area (TPSA) is 137 Å². The lowest BCUT2D eigenvalue weighted by Gasteiger charge is -2.34. The molecule has 3 rings (SSSR count). The van der Waals surface area contributed by atoms with Gasteiger partial charge >= 0.3 is 6.09 Å². The van der Waals surface area contributed by atoms with Crippen LogP contribution in [0.15, 0.2) is 29.2 Å². The average Bonchev–Trinajstić information content (AvgIpc) is 3.13. The van der Waals surface area contributed by atoms with E-state index < -0.39 is 22.2 Å². The molecule has 30 heavy (non-hydrogen) atoms. The number of amides is 1. The zero-order valence-corrected chi connectivity index (χ0v) is 17.7. The molecule has 1 amide bonds.